The maximum absolute atomic E-state index is 12.7. The summed E-state index contributed by atoms with van der Waals surface area (Å²) in [5.74, 6) is -0.230. The number of ether oxygens (including phenoxy) is 1. The first kappa shape index (κ1) is 26.4. The number of nitrogen functional groups attached to an aromatic ring is 1. The van der Waals surface area contributed by atoms with E-state index < -0.39 is 11.7 Å². The first-order valence-electron chi connectivity index (χ1n) is 12.4. The fraction of sp³-hybridized carbons (Fsp3) is 0.100. The molecule has 0 aliphatic rings. The van der Waals surface area contributed by atoms with Crippen LogP contribution in [-0.2, 0) is 11.3 Å². The molecule has 0 unspecified atom stereocenters. The Labute approximate surface area is 246 Å². The minimum Gasteiger partial charge on any atom is -0.460 e. The van der Waals surface area contributed by atoms with Crippen molar-refractivity contribution in [3.8, 4) is 19.5 Å². The summed E-state index contributed by atoms with van der Waals surface area (Å²) in [6.07, 6.45) is 1.54. The molecule has 5 heterocycles. The Balaban J connectivity index is 1.23. The number of carbonyl (C=O) groups excluding carboxylic acids is 1. The second-order valence-corrected chi connectivity index (χ2v) is 13.0. The molecule has 0 radical (unpaired) electrons. The Kier molecular flexibility index (Phi) is 7.74. The van der Waals surface area contributed by atoms with E-state index in [9.17, 15) is 9.59 Å². The highest BCUT2D eigenvalue weighted by atomic mass is 32.1. The van der Waals surface area contributed by atoms with Gasteiger partial charge in [-0.25, -0.2) is 9.59 Å². The molecular weight excluding hydrogens is 579 g/mol. The highest BCUT2D eigenvalue weighted by Crippen LogP contribution is 2.44. The molecule has 0 amide bonds. The Bertz CT molecular complexity index is 1710. The lowest BCUT2D eigenvalue weighted by molar-refractivity contribution is 0.0490. The number of aromatic nitrogens is 2. The molecule has 0 saturated heterocycles. The van der Waals surface area contributed by atoms with Gasteiger partial charge in [0.25, 0.3) is 0 Å². The lowest BCUT2D eigenvalue weighted by Crippen LogP contribution is -2.25. The molecule has 40 heavy (non-hydrogen) atoms. The maximum Gasteiger partial charge on any atom is 0.349 e. The van der Waals surface area contributed by atoms with E-state index in [-0.39, 0.29) is 24.9 Å². The van der Waals surface area contributed by atoms with Crippen molar-refractivity contribution in [1.82, 2.24) is 9.55 Å². The predicted molar refractivity (Wildman–Crippen MR) is 166 cm³/mol. The van der Waals surface area contributed by atoms with Gasteiger partial charge in [-0.15, -0.1) is 45.3 Å². The van der Waals surface area contributed by atoms with Crippen LogP contribution >= 0.6 is 45.3 Å². The van der Waals surface area contributed by atoms with Crippen molar-refractivity contribution in [2.24, 2.45) is 0 Å². The molecule has 6 nitrogen and oxygen atoms in total. The molecule has 5 aromatic heterocycles. The number of hydrogen-bond donors (Lipinski definition) is 1. The molecule has 0 aliphatic carbocycles. The fourth-order valence-electron chi connectivity index (χ4n) is 4.33. The van der Waals surface area contributed by atoms with Crippen LogP contribution in [0.5, 0.6) is 0 Å². The third-order valence-electron chi connectivity index (χ3n) is 6.29. The quantitative estimate of drug-likeness (QED) is 0.174. The minimum atomic E-state index is -0.474. The van der Waals surface area contributed by atoms with Crippen LogP contribution in [0.3, 0.4) is 0 Å². The third kappa shape index (κ3) is 5.71. The molecule has 0 bridgehead atoms. The second kappa shape index (κ2) is 11.7. The van der Waals surface area contributed by atoms with E-state index >= 15 is 0 Å². The van der Waals surface area contributed by atoms with E-state index in [2.05, 4.69) is 64.3 Å². The van der Waals surface area contributed by atoms with Crippen LogP contribution in [0, 0.1) is 0 Å². The summed E-state index contributed by atoms with van der Waals surface area (Å²) in [6, 6.07) is 26.4. The predicted octanol–water partition coefficient (Wildman–Crippen LogP) is 7.44. The van der Waals surface area contributed by atoms with Crippen molar-refractivity contribution >= 4 is 57.1 Å². The van der Waals surface area contributed by atoms with Crippen molar-refractivity contribution in [3.63, 3.8) is 0 Å². The number of anilines is 1. The van der Waals surface area contributed by atoms with Crippen LogP contribution in [-0.4, -0.2) is 22.1 Å². The van der Waals surface area contributed by atoms with Crippen LogP contribution in [0.1, 0.15) is 31.6 Å². The largest absolute Gasteiger partial charge is 0.460 e. The summed E-state index contributed by atoms with van der Waals surface area (Å²) in [4.78, 5) is 35.8. The number of hydrogen-bond acceptors (Lipinski definition) is 9. The highest BCUT2D eigenvalue weighted by Gasteiger charge is 2.22. The number of esters is 1. The summed E-state index contributed by atoms with van der Waals surface area (Å²) in [7, 11) is 0. The summed E-state index contributed by atoms with van der Waals surface area (Å²) in [6.45, 7) is 0.254. The molecule has 6 aromatic rings. The Morgan fingerprint density at radius 3 is 2.00 bits per heavy atom. The van der Waals surface area contributed by atoms with Gasteiger partial charge in [-0.1, -0.05) is 24.3 Å². The van der Waals surface area contributed by atoms with Gasteiger partial charge in [0.1, 0.15) is 12.4 Å². The van der Waals surface area contributed by atoms with Crippen LogP contribution < -0.4 is 11.4 Å². The van der Waals surface area contributed by atoms with Gasteiger partial charge in [0.2, 0.25) is 0 Å². The Hall–Kier alpha value is -3.83. The first-order chi connectivity index (χ1) is 19.5. The third-order valence-corrected chi connectivity index (χ3v) is 10.7. The van der Waals surface area contributed by atoms with E-state index in [1.807, 2.05) is 24.3 Å². The summed E-state index contributed by atoms with van der Waals surface area (Å²) >= 11 is 7.09. The number of nitrogens with two attached hydrogens (primary N) is 1. The van der Waals surface area contributed by atoms with Gasteiger partial charge in [0.15, 0.2) is 0 Å². The molecule has 200 valence electrons. The number of thiophene rings is 4. The van der Waals surface area contributed by atoms with E-state index in [0.717, 1.165) is 5.56 Å². The van der Waals surface area contributed by atoms with Crippen molar-refractivity contribution < 1.29 is 9.53 Å². The Morgan fingerprint density at radius 1 is 0.825 bits per heavy atom. The van der Waals surface area contributed by atoms with Crippen molar-refractivity contribution in [2.45, 2.75) is 12.5 Å². The normalized spacial score (nSPS) is 11.2. The molecule has 0 aliphatic heterocycles. The summed E-state index contributed by atoms with van der Waals surface area (Å²) < 4.78 is 6.78. The topological polar surface area (TPSA) is 87.2 Å². The molecule has 1 aromatic carbocycles. The molecule has 6 rings (SSSR count). The van der Waals surface area contributed by atoms with E-state index in [1.165, 1.54) is 46.1 Å². The monoisotopic (exact) mass is 601 g/mol. The van der Waals surface area contributed by atoms with E-state index in [4.69, 9.17) is 10.5 Å². The SMILES string of the molecule is Nc1ccn(CCOC(=O)c2ccc(C(c3ccc(-c4cccs4)s3)c3ccc(-c4cccs4)s3)cc2)c(=O)n1. The van der Waals surface area contributed by atoms with Gasteiger partial charge in [-0.05, 0) is 70.9 Å². The molecular formula is C30H23N3O3S4. The minimum absolute atomic E-state index is 0.0485. The molecule has 0 atom stereocenters. The molecule has 2 N–H and O–H groups in total. The van der Waals surface area contributed by atoms with Gasteiger partial charge >= 0.3 is 11.7 Å². The highest BCUT2D eigenvalue weighted by molar-refractivity contribution is 7.22. The Morgan fingerprint density at radius 2 is 1.45 bits per heavy atom. The maximum atomic E-state index is 12.7. The van der Waals surface area contributed by atoms with Crippen LogP contribution in [0.2, 0.25) is 0 Å². The summed E-state index contributed by atoms with van der Waals surface area (Å²) in [5, 5.41) is 4.20. The number of benzene rings is 1. The van der Waals surface area contributed by atoms with Gasteiger partial charge in [0.05, 0.1) is 18.0 Å². The summed E-state index contributed by atoms with van der Waals surface area (Å²) in [5.41, 5.74) is 6.62. The van der Waals surface area contributed by atoms with Crippen LogP contribution in [0.4, 0.5) is 5.82 Å². The number of rotatable bonds is 9. The molecule has 0 saturated carbocycles. The van der Waals surface area contributed by atoms with Crippen molar-refractivity contribution in [3.05, 3.63) is 127 Å². The van der Waals surface area contributed by atoms with Crippen LogP contribution in [0.25, 0.3) is 19.5 Å². The number of nitrogens with zero attached hydrogens (tertiary/aromatic N) is 2. The van der Waals surface area contributed by atoms with E-state index in [1.54, 1.807) is 45.3 Å². The molecule has 10 heteroatoms. The fourth-order valence-corrected chi connectivity index (χ4v) is 8.39. The lowest BCUT2D eigenvalue weighted by Gasteiger charge is -2.15. The lowest BCUT2D eigenvalue weighted by atomic mass is 9.95. The van der Waals surface area contributed by atoms with Gasteiger partial charge in [0, 0.05) is 35.5 Å². The van der Waals surface area contributed by atoms with Crippen molar-refractivity contribution in [1.29, 1.82) is 0 Å². The second-order valence-electron chi connectivity index (χ2n) is 8.88. The van der Waals surface area contributed by atoms with Gasteiger partial charge in [-0.2, -0.15) is 4.98 Å². The smallest absolute Gasteiger partial charge is 0.349 e. The standard InChI is InChI=1S/C30H23N3O3S4/c31-27-13-14-33(30(35)32-27)15-16-36-29(34)20-7-5-19(6-8-20)28(25-11-9-23(39-25)21-3-1-17-37-21)26-12-10-24(40-26)22-4-2-18-38-22/h1-14,17-18,28H,15-16H2,(H2,31,32,35). The van der Waals surface area contributed by atoms with Gasteiger partial charge < -0.3 is 10.5 Å². The average molecular weight is 602 g/mol. The molecule has 0 fully saturated rings. The zero-order valence-electron chi connectivity index (χ0n) is 21.1. The zero-order chi connectivity index (χ0) is 27.5. The zero-order valence-corrected chi connectivity index (χ0v) is 24.3. The molecule has 0 spiro atoms. The van der Waals surface area contributed by atoms with Gasteiger partial charge in [-0.3, -0.25) is 4.57 Å². The first-order valence-corrected chi connectivity index (χ1v) is 15.8. The number of carbonyl (C=O) groups is 1. The van der Waals surface area contributed by atoms with Crippen LogP contribution in [0.15, 0.2) is 101 Å². The van der Waals surface area contributed by atoms with E-state index in [0.29, 0.717) is 5.56 Å². The van der Waals surface area contributed by atoms with Crippen molar-refractivity contribution in [2.75, 3.05) is 12.3 Å². The average Bonchev–Trinajstić information content (AvgIpc) is 3.78.